The minimum absolute atomic E-state index is 0.0614. The van der Waals surface area contributed by atoms with Gasteiger partial charge in [-0.25, -0.2) is 0 Å². The number of nitrogens with two attached hydrogens (primary N) is 1. The Morgan fingerprint density at radius 3 is 2.53 bits per heavy atom. The molecular formula is C26H28N4O4. The van der Waals surface area contributed by atoms with Crippen LogP contribution in [0, 0.1) is 11.8 Å². The SMILES string of the molecule is CCc1ccc2c(c1)[C@@]1(N[C@@H](CCC(N)=O)[C@H]3C(=O)N(CCc4ccccc4)C(=O)[C@@H]31)C(=O)N2. The number of nitrogens with one attached hydrogen (secondary N) is 2. The fraction of sp³-hybridized carbons (Fsp3) is 0.385. The zero-order valence-corrected chi connectivity index (χ0v) is 19.0. The summed E-state index contributed by atoms with van der Waals surface area (Å²) in [5.41, 5.74) is 7.44. The van der Waals surface area contributed by atoms with E-state index >= 15 is 0 Å². The molecule has 3 aliphatic heterocycles. The molecule has 0 saturated carbocycles. The predicted octanol–water partition coefficient (Wildman–Crippen LogP) is 1.48. The lowest BCUT2D eigenvalue weighted by molar-refractivity contribution is -0.142. The van der Waals surface area contributed by atoms with Crippen LogP contribution in [-0.4, -0.2) is 41.1 Å². The molecule has 0 bridgehead atoms. The number of amides is 4. The van der Waals surface area contributed by atoms with Gasteiger partial charge in [0.25, 0.3) is 0 Å². The van der Waals surface area contributed by atoms with Crippen LogP contribution in [0.5, 0.6) is 0 Å². The van der Waals surface area contributed by atoms with Crippen LogP contribution in [-0.2, 0) is 37.6 Å². The normalized spacial score (nSPS) is 27.3. The number of hydrogen-bond acceptors (Lipinski definition) is 5. The van der Waals surface area contributed by atoms with E-state index in [4.69, 9.17) is 5.73 Å². The van der Waals surface area contributed by atoms with E-state index < -0.39 is 29.3 Å². The molecule has 0 aliphatic carbocycles. The number of imide groups is 1. The molecule has 8 heteroatoms. The Morgan fingerprint density at radius 1 is 1.06 bits per heavy atom. The first-order valence-electron chi connectivity index (χ1n) is 11.8. The Balaban J connectivity index is 1.54. The summed E-state index contributed by atoms with van der Waals surface area (Å²) < 4.78 is 0. The van der Waals surface area contributed by atoms with E-state index in [2.05, 4.69) is 10.6 Å². The number of primary amides is 1. The van der Waals surface area contributed by atoms with E-state index in [0.717, 1.165) is 17.5 Å². The summed E-state index contributed by atoms with van der Waals surface area (Å²) in [6, 6.07) is 14.9. The number of aryl methyl sites for hydroxylation is 1. The molecule has 2 aromatic rings. The van der Waals surface area contributed by atoms with Crippen molar-refractivity contribution >= 4 is 29.3 Å². The average Bonchev–Trinajstić information content (AvgIpc) is 3.41. The van der Waals surface area contributed by atoms with Crippen molar-refractivity contribution in [1.82, 2.24) is 10.2 Å². The van der Waals surface area contributed by atoms with E-state index in [1.165, 1.54) is 4.90 Å². The molecular weight excluding hydrogens is 432 g/mol. The topological polar surface area (TPSA) is 122 Å². The van der Waals surface area contributed by atoms with Gasteiger partial charge in [-0.2, -0.15) is 0 Å². The summed E-state index contributed by atoms with van der Waals surface area (Å²) in [5, 5.41) is 6.26. The third-order valence-corrected chi connectivity index (χ3v) is 7.45. The lowest BCUT2D eigenvalue weighted by Gasteiger charge is -2.29. The van der Waals surface area contributed by atoms with Crippen molar-refractivity contribution in [2.75, 3.05) is 11.9 Å². The second-order valence-corrected chi connectivity index (χ2v) is 9.32. The second-order valence-electron chi connectivity index (χ2n) is 9.32. The van der Waals surface area contributed by atoms with Crippen molar-refractivity contribution in [2.24, 2.45) is 17.6 Å². The highest BCUT2D eigenvalue weighted by atomic mass is 16.2. The zero-order valence-electron chi connectivity index (χ0n) is 19.0. The van der Waals surface area contributed by atoms with E-state index in [9.17, 15) is 19.2 Å². The van der Waals surface area contributed by atoms with Gasteiger partial charge >= 0.3 is 0 Å². The highest BCUT2D eigenvalue weighted by molar-refractivity contribution is 6.15. The van der Waals surface area contributed by atoms with Gasteiger partial charge in [-0.3, -0.25) is 29.4 Å². The fourth-order valence-corrected chi connectivity index (χ4v) is 5.78. The van der Waals surface area contributed by atoms with Gasteiger partial charge in [0.15, 0.2) is 0 Å². The quantitative estimate of drug-likeness (QED) is 0.541. The van der Waals surface area contributed by atoms with E-state index in [1.54, 1.807) is 0 Å². The molecule has 3 aliphatic rings. The van der Waals surface area contributed by atoms with Gasteiger partial charge in [0, 0.05) is 30.3 Å². The van der Waals surface area contributed by atoms with Gasteiger partial charge < -0.3 is 11.1 Å². The minimum Gasteiger partial charge on any atom is -0.370 e. The highest BCUT2D eigenvalue weighted by Crippen LogP contribution is 2.53. The molecule has 2 saturated heterocycles. The number of carbonyl (C=O) groups is 4. The van der Waals surface area contributed by atoms with Crippen molar-refractivity contribution in [2.45, 2.75) is 44.2 Å². The summed E-state index contributed by atoms with van der Waals surface area (Å²) >= 11 is 0. The fourth-order valence-electron chi connectivity index (χ4n) is 5.78. The lowest BCUT2D eigenvalue weighted by atomic mass is 9.76. The summed E-state index contributed by atoms with van der Waals surface area (Å²) in [6.45, 7) is 2.27. The van der Waals surface area contributed by atoms with Crippen LogP contribution < -0.4 is 16.4 Å². The van der Waals surface area contributed by atoms with Gasteiger partial charge in [-0.1, -0.05) is 49.4 Å². The summed E-state index contributed by atoms with van der Waals surface area (Å²) in [5.74, 6) is -3.06. The van der Waals surface area contributed by atoms with Crippen LogP contribution in [0.15, 0.2) is 48.5 Å². The summed E-state index contributed by atoms with van der Waals surface area (Å²) in [6.07, 6.45) is 1.64. The number of carbonyl (C=O) groups excluding carboxylic acids is 4. The van der Waals surface area contributed by atoms with Gasteiger partial charge in [-0.15, -0.1) is 0 Å². The Bertz CT molecular complexity index is 1180. The molecule has 5 rings (SSSR count). The van der Waals surface area contributed by atoms with Crippen LogP contribution >= 0.6 is 0 Å². The molecule has 4 N–H and O–H groups in total. The van der Waals surface area contributed by atoms with Crippen LogP contribution in [0.3, 0.4) is 0 Å². The van der Waals surface area contributed by atoms with Crippen molar-refractivity contribution in [3.05, 3.63) is 65.2 Å². The lowest BCUT2D eigenvalue weighted by Crippen LogP contribution is -2.53. The Morgan fingerprint density at radius 2 is 1.82 bits per heavy atom. The van der Waals surface area contributed by atoms with E-state index in [1.807, 2.05) is 55.5 Å². The first-order valence-corrected chi connectivity index (χ1v) is 11.8. The molecule has 2 fully saturated rings. The molecule has 1 spiro atoms. The Labute approximate surface area is 197 Å². The molecule has 0 aromatic heterocycles. The number of benzene rings is 2. The molecule has 0 unspecified atom stereocenters. The van der Waals surface area contributed by atoms with Crippen molar-refractivity contribution in [1.29, 1.82) is 0 Å². The van der Waals surface area contributed by atoms with Gasteiger partial charge in [0.2, 0.25) is 23.6 Å². The number of likely N-dealkylation sites (tertiary alicyclic amines) is 1. The molecule has 2 aromatic carbocycles. The standard InChI is InChI=1S/C26H28N4O4/c1-2-15-8-9-18-17(14-15)26(25(34)28-18)22-21(19(29-26)10-11-20(27)31)23(32)30(24(22)33)13-12-16-6-4-3-5-7-16/h3-9,14,19,21-22,29H,2,10-13H2,1H3,(H2,27,31)(H,28,34)/t19-,21+,22+,26-/m0/s1. The first-order chi connectivity index (χ1) is 16.4. The molecule has 0 radical (unpaired) electrons. The van der Waals surface area contributed by atoms with Crippen LogP contribution in [0.1, 0.15) is 36.5 Å². The summed E-state index contributed by atoms with van der Waals surface area (Å²) in [7, 11) is 0. The Kier molecular flexibility index (Phi) is 5.48. The maximum Gasteiger partial charge on any atom is 0.250 e. The monoisotopic (exact) mass is 460 g/mol. The molecule has 8 nitrogen and oxygen atoms in total. The largest absolute Gasteiger partial charge is 0.370 e. The zero-order chi connectivity index (χ0) is 24.0. The van der Waals surface area contributed by atoms with Crippen LogP contribution in [0.25, 0.3) is 0 Å². The van der Waals surface area contributed by atoms with Crippen LogP contribution in [0.2, 0.25) is 0 Å². The molecule has 3 heterocycles. The van der Waals surface area contributed by atoms with Gasteiger partial charge in [0.05, 0.1) is 11.8 Å². The molecule has 176 valence electrons. The first kappa shape index (κ1) is 22.3. The Hall–Kier alpha value is -3.52. The van der Waals surface area contributed by atoms with Gasteiger partial charge in [0.1, 0.15) is 5.54 Å². The third kappa shape index (κ3) is 3.32. The van der Waals surface area contributed by atoms with E-state index in [0.29, 0.717) is 17.7 Å². The van der Waals surface area contributed by atoms with Crippen molar-refractivity contribution < 1.29 is 19.2 Å². The third-order valence-electron chi connectivity index (χ3n) is 7.45. The van der Waals surface area contributed by atoms with E-state index in [-0.39, 0.29) is 37.1 Å². The number of fused-ring (bicyclic) bond motifs is 4. The maximum absolute atomic E-state index is 13.8. The molecule has 34 heavy (non-hydrogen) atoms. The number of rotatable bonds is 7. The second kappa shape index (κ2) is 8.36. The predicted molar refractivity (Wildman–Crippen MR) is 125 cm³/mol. The van der Waals surface area contributed by atoms with Gasteiger partial charge in [-0.05, 0) is 36.5 Å². The maximum atomic E-state index is 13.8. The van der Waals surface area contributed by atoms with Crippen LogP contribution in [0.4, 0.5) is 5.69 Å². The number of anilines is 1. The highest BCUT2D eigenvalue weighted by Gasteiger charge is 2.70. The molecule has 4 atom stereocenters. The number of hydrogen-bond donors (Lipinski definition) is 3. The minimum atomic E-state index is -1.35. The van der Waals surface area contributed by atoms with Crippen molar-refractivity contribution in [3.8, 4) is 0 Å². The van der Waals surface area contributed by atoms with Crippen molar-refractivity contribution in [3.63, 3.8) is 0 Å². The summed E-state index contributed by atoms with van der Waals surface area (Å²) in [4.78, 5) is 53.6. The number of nitrogens with zero attached hydrogens (tertiary/aromatic N) is 1. The smallest absolute Gasteiger partial charge is 0.250 e. The average molecular weight is 461 g/mol. The molecule has 4 amide bonds.